The number of thiophene rings is 1. The van der Waals surface area contributed by atoms with E-state index in [0.717, 1.165) is 25.9 Å². The van der Waals surface area contributed by atoms with Crippen molar-refractivity contribution in [2.75, 3.05) is 0 Å². The highest BCUT2D eigenvalue weighted by Gasteiger charge is 2.21. The second-order valence-corrected chi connectivity index (χ2v) is 6.49. The van der Waals surface area contributed by atoms with Crippen LogP contribution in [0.25, 0.3) is 10.1 Å². The standard InChI is InChI=1S/C9H6BrFO2S2/c1-5-6-3-2-4-7(10)8(6)14-9(5)15(11,12)13/h2-4H,1H3. The fourth-order valence-electron chi connectivity index (χ4n) is 1.42. The molecule has 0 atom stereocenters. The number of fused-ring (bicyclic) bond motifs is 1. The van der Waals surface area contributed by atoms with Gasteiger partial charge in [-0.15, -0.1) is 11.3 Å². The van der Waals surface area contributed by atoms with Crippen LogP contribution in [-0.2, 0) is 10.2 Å². The molecule has 0 spiro atoms. The van der Waals surface area contributed by atoms with E-state index in [2.05, 4.69) is 15.9 Å². The first kappa shape index (κ1) is 11.0. The highest BCUT2D eigenvalue weighted by molar-refractivity contribution is 9.10. The first-order valence-corrected chi connectivity index (χ1v) is 7.03. The topological polar surface area (TPSA) is 34.1 Å². The van der Waals surface area contributed by atoms with Gasteiger partial charge >= 0.3 is 10.2 Å². The molecule has 0 N–H and O–H groups in total. The van der Waals surface area contributed by atoms with Crippen LogP contribution in [0.1, 0.15) is 5.56 Å². The highest BCUT2D eigenvalue weighted by Crippen LogP contribution is 2.38. The summed E-state index contributed by atoms with van der Waals surface area (Å²) in [7, 11) is -4.61. The number of rotatable bonds is 1. The molecule has 0 aliphatic carbocycles. The van der Waals surface area contributed by atoms with Crippen LogP contribution in [0.2, 0.25) is 0 Å². The average Bonchev–Trinajstić information content (AvgIpc) is 2.45. The van der Waals surface area contributed by atoms with Gasteiger partial charge in [-0.1, -0.05) is 16.0 Å². The van der Waals surface area contributed by atoms with Gasteiger partial charge in [-0.2, -0.15) is 8.42 Å². The van der Waals surface area contributed by atoms with Gasteiger partial charge in [0, 0.05) is 4.47 Å². The van der Waals surface area contributed by atoms with Gasteiger partial charge in [0.1, 0.15) is 0 Å². The number of hydrogen-bond donors (Lipinski definition) is 0. The van der Waals surface area contributed by atoms with E-state index in [4.69, 9.17) is 0 Å². The first-order chi connectivity index (χ1) is 6.91. The maximum absolute atomic E-state index is 12.9. The van der Waals surface area contributed by atoms with E-state index in [9.17, 15) is 12.3 Å². The minimum Gasteiger partial charge on any atom is -0.188 e. The predicted molar refractivity (Wildman–Crippen MR) is 62.6 cm³/mol. The molecular formula is C9H6BrFO2S2. The number of benzene rings is 1. The second kappa shape index (κ2) is 3.54. The summed E-state index contributed by atoms with van der Waals surface area (Å²) in [6, 6.07) is 5.37. The van der Waals surface area contributed by atoms with E-state index in [1.165, 1.54) is 0 Å². The van der Waals surface area contributed by atoms with Crippen molar-refractivity contribution in [2.24, 2.45) is 0 Å². The van der Waals surface area contributed by atoms with Crippen LogP contribution in [0.15, 0.2) is 26.9 Å². The largest absolute Gasteiger partial charge is 0.341 e. The molecule has 0 aliphatic heterocycles. The van der Waals surface area contributed by atoms with Gasteiger partial charge < -0.3 is 0 Å². The molecule has 6 heteroatoms. The van der Waals surface area contributed by atoms with Crippen molar-refractivity contribution >= 4 is 47.6 Å². The lowest BCUT2D eigenvalue weighted by atomic mass is 10.2. The molecule has 0 fully saturated rings. The molecule has 0 radical (unpaired) electrons. The van der Waals surface area contributed by atoms with Gasteiger partial charge in [-0.05, 0) is 39.9 Å². The molecule has 2 rings (SSSR count). The summed E-state index contributed by atoms with van der Waals surface area (Å²) < 4.78 is 36.0. The SMILES string of the molecule is Cc1c(S(=O)(=O)F)sc2c(Br)cccc12. The molecule has 0 amide bonds. The lowest BCUT2D eigenvalue weighted by Gasteiger charge is -1.92. The van der Waals surface area contributed by atoms with Gasteiger partial charge in [-0.3, -0.25) is 0 Å². The van der Waals surface area contributed by atoms with Crippen molar-refractivity contribution in [2.45, 2.75) is 11.1 Å². The summed E-state index contributed by atoms with van der Waals surface area (Å²) in [5.41, 5.74) is 0.471. The Labute approximate surface area is 99.1 Å². The van der Waals surface area contributed by atoms with E-state index in [0.29, 0.717) is 5.56 Å². The minimum atomic E-state index is -4.61. The lowest BCUT2D eigenvalue weighted by molar-refractivity contribution is 0.554. The zero-order valence-electron chi connectivity index (χ0n) is 7.62. The van der Waals surface area contributed by atoms with E-state index < -0.39 is 10.2 Å². The van der Waals surface area contributed by atoms with Crippen LogP contribution in [-0.4, -0.2) is 8.42 Å². The third-order valence-corrected chi connectivity index (χ3v) is 5.75. The third kappa shape index (κ3) is 1.81. The van der Waals surface area contributed by atoms with Crippen LogP contribution in [0, 0.1) is 6.92 Å². The fraction of sp³-hybridized carbons (Fsp3) is 0.111. The molecule has 1 aromatic heterocycles. The second-order valence-electron chi connectivity index (χ2n) is 3.07. The van der Waals surface area contributed by atoms with Crippen LogP contribution in [0.3, 0.4) is 0 Å². The summed E-state index contributed by atoms with van der Waals surface area (Å²) in [5, 5.41) is 0.769. The maximum atomic E-state index is 12.9. The Bertz CT molecular complexity index is 631. The van der Waals surface area contributed by atoms with Gasteiger partial charge in [0.05, 0.1) is 4.70 Å². The van der Waals surface area contributed by atoms with Crippen molar-refractivity contribution < 1.29 is 12.3 Å². The summed E-state index contributed by atoms with van der Waals surface area (Å²) in [6.45, 7) is 1.61. The zero-order valence-corrected chi connectivity index (χ0v) is 10.8. The highest BCUT2D eigenvalue weighted by atomic mass is 79.9. The van der Waals surface area contributed by atoms with Gasteiger partial charge in [0.25, 0.3) is 0 Å². The Morgan fingerprint density at radius 1 is 1.40 bits per heavy atom. The van der Waals surface area contributed by atoms with Crippen molar-refractivity contribution in [1.82, 2.24) is 0 Å². The normalized spacial score (nSPS) is 12.2. The molecule has 0 aliphatic rings. The number of hydrogen-bond acceptors (Lipinski definition) is 3. The van der Waals surface area contributed by atoms with E-state index in [1.807, 2.05) is 0 Å². The van der Waals surface area contributed by atoms with E-state index in [1.54, 1.807) is 25.1 Å². The number of aryl methyl sites for hydroxylation is 1. The van der Waals surface area contributed by atoms with Crippen LogP contribution >= 0.6 is 27.3 Å². The molecule has 0 bridgehead atoms. The van der Waals surface area contributed by atoms with Gasteiger partial charge in [0.15, 0.2) is 4.21 Å². The molecule has 80 valence electrons. The third-order valence-electron chi connectivity index (χ3n) is 2.09. The minimum absolute atomic E-state index is 0.204. The van der Waals surface area contributed by atoms with E-state index in [-0.39, 0.29) is 4.21 Å². The summed E-state index contributed by atoms with van der Waals surface area (Å²) in [6.07, 6.45) is 0. The molecule has 1 aromatic carbocycles. The van der Waals surface area contributed by atoms with Gasteiger partial charge in [0.2, 0.25) is 0 Å². The van der Waals surface area contributed by atoms with Crippen molar-refractivity contribution in [1.29, 1.82) is 0 Å². The van der Waals surface area contributed by atoms with E-state index >= 15 is 0 Å². The van der Waals surface area contributed by atoms with Crippen LogP contribution in [0.4, 0.5) is 3.89 Å². The Morgan fingerprint density at radius 3 is 2.60 bits per heavy atom. The van der Waals surface area contributed by atoms with Crippen molar-refractivity contribution in [3.05, 3.63) is 28.2 Å². The van der Waals surface area contributed by atoms with Crippen LogP contribution < -0.4 is 0 Å². The molecule has 2 nitrogen and oxygen atoms in total. The molecule has 1 heterocycles. The Morgan fingerprint density at radius 2 is 2.07 bits per heavy atom. The van der Waals surface area contributed by atoms with Crippen molar-refractivity contribution in [3.8, 4) is 0 Å². The Kier molecular flexibility index (Phi) is 2.60. The molecule has 15 heavy (non-hydrogen) atoms. The molecule has 0 unspecified atom stereocenters. The van der Waals surface area contributed by atoms with Crippen molar-refractivity contribution in [3.63, 3.8) is 0 Å². The Hall–Kier alpha value is -0.460. The summed E-state index contributed by atoms with van der Waals surface area (Å²) in [5.74, 6) is 0. The zero-order chi connectivity index (χ0) is 11.2. The molecule has 2 aromatic rings. The fourth-order valence-corrected chi connectivity index (χ4v) is 4.10. The lowest BCUT2D eigenvalue weighted by Crippen LogP contribution is -1.89. The smallest absolute Gasteiger partial charge is 0.188 e. The summed E-state index contributed by atoms with van der Waals surface area (Å²) >= 11 is 4.25. The monoisotopic (exact) mass is 308 g/mol. The average molecular weight is 309 g/mol. The number of halogens is 2. The summed E-state index contributed by atoms with van der Waals surface area (Å²) in [4.78, 5) is 0. The van der Waals surface area contributed by atoms with Gasteiger partial charge in [-0.25, -0.2) is 0 Å². The maximum Gasteiger partial charge on any atom is 0.341 e. The predicted octanol–water partition coefficient (Wildman–Crippen LogP) is 3.63. The molecule has 0 saturated heterocycles. The molecular weight excluding hydrogens is 303 g/mol. The Balaban J connectivity index is 2.93. The van der Waals surface area contributed by atoms with Crippen LogP contribution in [0.5, 0.6) is 0 Å². The quantitative estimate of drug-likeness (QED) is 0.754. The first-order valence-electron chi connectivity index (χ1n) is 4.03. The molecule has 0 saturated carbocycles.